The van der Waals surface area contributed by atoms with E-state index in [1.54, 1.807) is 0 Å². The second-order valence-electron chi connectivity index (χ2n) is 6.22. The summed E-state index contributed by atoms with van der Waals surface area (Å²) in [6.07, 6.45) is 0. The fraction of sp³-hybridized carbons (Fsp3) is 0.316. The lowest BCUT2D eigenvalue weighted by Crippen LogP contribution is -2.45. The number of fused-ring (bicyclic) bond motifs is 1. The van der Waals surface area contributed by atoms with Crippen molar-refractivity contribution in [1.82, 2.24) is 9.88 Å². The summed E-state index contributed by atoms with van der Waals surface area (Å²) in [7, 11) is 0. The van der Waals surface area contributed by atoms with Crippen LogP contribution in [-0.4, -0.2) is 36.1 Å². The van der Waals surface area contributed by atoms with Crippen molar-refractivity contribution >= 4 is 26.7 Å². The molecule has 118 valence electrons. The van der Waals surface area contributed by atoms with Gasteiger partial charge in [-0.1, -0.05) is 47.7 Å². The highest BCUT2D eigenvalue weighted by molar-refractivity contribution is 7.22. The molecule has 1 aromatic heterocycles. The molecular weight excluding hydrogens is 302 g/mol. The van der Waals surface area contributed by atoms with Gasteiger partial charge in [0, 0.05) is 32.7 Å². The SMILES string of the molecule is Cc1ccc2nc(N3CCN(Cc4ccccc4)CC3)sc2c1. The van der Waals surface area contributed by atoms with Crippen molar-refractivity contribution in [2.24, 2.45) is 0 Å². The van der Waals surface area contributed by atoms with Crippen molar-refractivity contribution in [2.75, 3.05) is 31.1 Å². The highest BCUT2D eigenvalue weighted by Gasteiger charge is 2.19. The Labute approximate surface area is 141 Å². The highest BCUT2D eigenvalue weighted by atomic mass is 32.1. The van der Waals surface area contributed by atoms with Gasteiger partial charge in [0.15, 0.2) is 5.13 Å². The number of benzene rings is 2. The quantitative estimate of drug-likeness (QED) is 0.728. The Morgan fingerprint density at radius 2 is 1.78 bits per heavy atom. The second kappa shape index (κ2) is 6.30. The van der Waals surface area contributed by atoms with Crippen LogP contribution >= 0.6 is 11.3 Å². The minimum atomic E-state index is 1.05. The predicted octanol–water partition coefficient (Wildman–Crippen LogP) is 3.93. The Balaban J connectivity index is 1.42. The molecule has 2 heterocycles. The first-order valence-electron chi connectivity index (χ1n) is 8.16. The first kappa shape index (κ1) is 14.7. The Morgan fingerprint density at radius 1 is 1.00 bits per heavy atom. The molecule has 4 heteroatoms. The lowest BCUT2D eigenvalue weighted by Gasteiger charge is -2.34. The maximum atomic E-state index is 4.81. The third-order valence-corrected chi connectivity index (χ3v) is 5.50. The molecule has 0 bridgehead atoms. The molecule has 2 aromatic carbocycles. The molecule has 23 heavy (non-hydrogen) atoms. The van der Waals surface area contributed by atoms with Gasteiger partial charge in [0.25, 0.3) is 0 Å². The second-order valence-corrected chi connectivity index (χ2v) is 7.23. The summed E-state index contributed by atoms with van der Waals surface area (Å²) in [6, 6.07) is 17.3. The van der Waals surface area contributed by atoms with Gasteiger partial charge >= 0.3 is 0 Å². The summed E-state index contributed by atoms with van der Waals surface area (Å²) in [6.45, 7) is 7.51. The number of aromatic nitrogens is 1. The average Bonchev–Trinajstić information content (AvgIpc) is 2.99. The van der Waals surface area contributed by atoms with Crippen LogP contribution in [0.25, 0.3) is 10.2 Å². The predicted molar refractivity (Wildman–Crippen MR) is 98.3 cm³/mol. The normalized spacial score (nSPS) is 16.1. The Bertz CT molecular complexity index is 789. The molecule has 0 aliphatic carbocycles. The van der Waals surface area contributed by atoms with Gasteiger partial charge < -0.3 is 4.90 Å². The zero-order valence-corrected chi connectivity index (χ0v) is 14.2. The summed E-state index contributed by atoms with van der Waals surface area (Å²) in [4.78, 5) is 9.78. The lowest BCUT2D eigenvalue weighted by molar-refractivity contribution is 0.250. The van der Waals surface area contributed by atoms with E-state index in [1.807, 2.05) is 11.3 Å². The van der Waals surface area contributed by atoms with Crippen molar-refractivity contribution in [2.45, 2.75) is 13.5 Å². The van der Waals surface area contributed by atoms with Crippen LogP contribution in [-0.2, 0) is 6.54 Å². The van der Waals surface area contributed by atoms with Crippen molar-refractivity contribution < 1.29 is 0 Å². The molecule has 3 nitrogen and oxygen atoms in total. The van der Waals surface area contributed by atoms with E-state index in [0.717, 1.165) is 38.2 Å². The molecule has 1 saturated heterocycles. The number of anilines is 1. The van der Waals surface area contributed by atoms with Gasteiger partial charge in [0.1, 0.15) is 0 Å². The molecule has 0 amide bonds. The summed E-state index contributed by atoms with van der Waals surface area (Å²) in [5, 5.41) is 1.17. The largest absolute Gasteiger partial charge is 0.345 e. The molecule has 0 radical (unpaired) electrons. The third kappa shape index (κ3) is 3.23. The van der Waals surface area contributed by atoms with E-state index in [9.17, 15) is 0 Å². The first-order chi connectivity index (χ1) is 11.3. The standard InChI is InChI=1S/C19H21N3S/c1-15-7-8-17-18(13-15)23-19(20-17)22-11-9-21(10-12-22)14-16-5-3-2-4-6-16/h2-8,13H,9-12,14H2,1H3. The van der Waals surface area contributed by atoms with Crippen molar-refractivity contribution in [3.8, 4) is 0 Å². The summed E-state index contributed by atoms with van der Waals surface area (Å²) < 4.78 is 1.30. The zero-order chi connectivity index (χ0) is 15.6. The maximum absolute atomic E-state index is 4.81. The van der Waals surface area contributed by atoms with Crippen LogP contribution in [0.3, 0.4) is 0 Å². The molecule has 3 aromatic rings. The average molecular weight is 323 g/mol. The summed E-state index contributed by atoms with van der Waals surface area (Å²) in [5.74, 6) is 0. The van der Waals surface area contributed by atoms with E-state index in [2.05, 4.69) is 65.3 Å². The number of hydrogen-bond donors (Lipinski definition) is 0. The van der Waals surface area contributed by atoms with E-state index in [1.165, 1.54) is 21.0 Å². The number of piperazine rings is 1. The molecule has 4 rings (SSSR count). The van der Waals surface area contributed by atoms with Gasteiger partial charge in [0.05, 0.1) is 10.2 Å². The molecule has 1 aliphatic rings. The van der Waals surface area contributed by atoms with Crippen LogP contribution in [0.5, 0.6) is 0 Å². The third-order valence-electron chi connectivity index (χ3n) is 4.42. The van der Waals surface area contributed by atoms with E-state index in [-0.39, 0.29) is 0 Å². The van der Waals surface area contributed by atoms with Crippen LogP contribution in [0.4, 0.5) is 5.13 Å². The summed E-state index contributed by atoms with van der Waals surface area (Å²) >= 11 is 1.82. The van der Waals surface area contributed by atoms with E-state index < -0.39 is 0 Å². The van der Waals surface area contributed by atoms with Crippen LogP contribution in [0.2, 0.25) is 0 Å². The Morgan fingerprint density at radius 3 is 2.57 bits per heavy atom. The van der Waals surface area contributed by atoms with Gasteiger partial charge in [-0.05, 0) is 30.2 Å². The first-order valence-corrected chi connectivity index (χ1v) is 8.98. The van der Waals surface area contributed by atoms with E-state index in [4.69, 9.17) is 4.98 Å². The molecular formula is C19H21N3S. The number of thiazole rings is 1. The molecule has 0 unspecified atom stereocenters. The molecule has 0 N–H and O–H groups in total. The number of hydrogen-bond acceptors (Lipinski definition) is 4. The van der Waals surface area contributed by atoms with Crippen LogP contribution in [0.1, 0.15) is 11.1 Å². The van der Waals surface area contributed by atoms with Gasteiger partial charge in [0.2, 0.25) is 0 Å². The number of aryl methyl sites for hydroxylation is 1. The monoisotopic (exact) mass is 323 g/mol. The van der Waals surface area contributed by atoms with E-state index in [0.29, 0.717) is 0 Å². The minimum Gasteiger partial charge on any atom is -0.345 e. The van der Waals surface area contributed by atoms with Gasteiger partial charge in [-0.2, -0.15) is 0 Å². The van der Waals surface area contributed by atoms with Crippen LogP contribution < -0.4 is 4.90 Å². The molecule has 1 fully saturated rings. The summed E-state index contributed by atoms with van der Waals surface area (Å²) in [5.41, 5.74) is 3.83. The van der Waals surface area contributed by atoms with Gasteiger partial charge in [-0.25, -0.2) is 4.98 Å². The fourth-order valence-electron chi connectivity index (χ4n) is 3.09. The topological polar surface area (TPSA) is 19.4 Å². The Kier molecular flexibility index (Phi) is 4.02. The minimum absolute atomic E-state index is 1.05. The maximum Gasteiger partial charge on any atom is 0.186 e. The van der Waals surface area contributed by atoms with E-state index >= 15 is 0 Å². The van der Waals surface area contributed by atoms with Crippen molar-refractivity contribution in [3.63, 3.8) is 0 Å². The smallest absolute Gasteiger partial charge is 0.186 e. The molecule has 0 spiro atoms. The highest BCUT2D eigenvalue weighted by Crippen LogP contribution is 2.30. The molecule has 1 aliphatic heterocycles. The van der Waals surface area contributed by atoms with Crippen LogP contribution in [0, 0.1) is 6.92 Å². The Hall–Kier alpha value is -1.91. The molecule has 0 atom stereocenters. The van der Waals surface area contributed by atoms with Gasteiger partial charge in [-0.15, -0.1) is 0 Å². The van der Waals surface area contributed by atoms with Crippen molar-refractivity contribution in [1.29, 1.82) is 0 Å². The van der Waals surface area contributed by atoms with Crippen molar-refractivity contribution in [3.05, 3.63) is 59.7 Å². The zero-order valence-electron chi connectivity index (χ0n) is 13.4. The fourth-order valence-corrected chi connectivity index (χ4v) is 4.21. The molecule has 0 saturated carbocycles. The number of rotatable bonds is 3. The van der Waals surface area contributed by atoms with Crippen LogP contribution in [0.15, 0.2) is 48.5 Å². The van der Waals surface area contributed by atoms with Gasteiger partial charge in [-0.3, -0.25) is 4.90 Å². The lowest BCUT2D eigenvalue weighted by atomic mass is 10.2. The number of nitrogens with zero attached hydrogens (tertiary/aromatic N) is 3.